The van der Waals surface area contributed by atoms with Gasteiger partial charge in [-0.05, 0) is 12.1 Å². The van der Waals surface area contributed by atoms with E-state index in [1.807, 2.05) is 19.2 Å². The maximum Gasteiger partial charge on any atom is 0.259 e. The summed E-state index contributed by atoms with van der Waals surface area (Å²) < 4.78 is 10.5. The van der Waals surface area contributed by atoms with Gasteiger partial charge in [0.2, 0.25) is 0 Å². The molecule has 0 bridgehead atoms. The van der Waals surface area contributed by atoms with Crippen molar-refractivity contribution in [3.05, 3.63) is 62.1 Å². The Bertz CT molecular complexity index is 1040. The molecule has 1 aromatic heterocycles. The first kappa shape index (κ1) is 19.5. The Labute approximate surface area is 166 Å². The van der Waals surface area contributed by atoms with E-state index in [0.29, 0.717) is 51.4 Å². The van der Waals surface area contributed by atoms with Crippen LogP contribution in [0, 0.1) is 0 Å². The van der Waals surface area contributed by atoms with Gasteiger partial charge in [0.25, 0.3) is 5.56 Å². The number of hydrogen-bond acceptors (Lipinski definition) is 4. The largest absolute Gasteiger partial charge is 0.493 e. The molecule has 0 saturated heterocycles. The van der Waals surface area contributed by atoms with Crippen LogP contribution in [0.25, 0.3) is 10.9 Å². The average Bonchev–Trinajstić information content (AvgIpc) is 2.64. The summed E-state index contributed by atoms with van der Waals surface area (Å²) in [5.74, 6) is 1.60. The number of hydrogen-bond donors (Lipinski definition) is 2. The van der Waals surface area contributed by atoms with Crippen LogP contribution in [-0.4, -0.2) is 31.2 Å². The lowest BCUT2D eigenvalue weighted by atomic mass is 10.2. The summed E-state index contributed by atoms with van der Waals surface area (Å²) in [6.07, 6.45) is 0. The van der Waals surface area contributed by atoms with Gasteiger partial charge in [-0.1, -0.05) is 35.3 Å². The van der Waals surface area contributed by atoms with Crippen LogP contribution in [0.5, 0.6) is 11.5 Å². The highest BCUT2D eigenvalue weighted by atomic mass is 35.5. The normalized spacial score (nSPS) is 12.2. The van der Waals surface area contributed by atoms with Gasteiger partial charge in [0.05, 0.1) is 42.2 Å². The molecule has 6 nitrogen and oxygen atoms in total. The molecule has 2 N–H and O–H groups in total. The van der Waals surface area contributed by atoms with Crippen molar-refractivity contribution in [1.82, 2.24) is 9.97 Å². The van der Waals surface area contributed by atoms with E-state index < -0.39 is 0 Å². The molecular weight excluding hydrogens is 389 g/mol. The van der Waals surface area contributed by atoms with Crippen molar-refractivity contribution in [3.8, 4) is 11.5 Å². The van der Waals surface area contributed by atoms with Crippen molar-refractivity contribution in [2.45, 2.75) is 13.1 Å². The summed E-state index contributed by atoms with van der Waals surface area (Å²) in [7, 11) is 5.07. The molecule has 0 amide bonds. The standard InChI is InChI=1S/C19H19Cl2N3O3/c1-24(9-11-5-4-6-13(20)18(11)21)10-17-22-14-8-16(27-3)15(26-2)7-12(14)19(25)23-17/h4-8H,9-10H2,1-3H3,(H,22,23,25)/p+1. The quantitative estimate of drug-likeness (QED) is 0.657. The predicted octanol–water partition coefficient (Wildman–Crippen LogP) is 2.46. The van der Waals surface area contributed by atoms with E-state index in [-0.39, 0.29) is 5.56 Å². The Hall–Kier alpha value is -2.28. The average molecular weight is 409 g/mol. The van der Waals surface area contributed by atoms with Gasteiger partial charge in [-0.15, -0.1) is 0 Å². The first-order chi connectivity index (χ1) is 12.9. The van der Waals surface area contributed by atoms with Crippen LogP contribution < -0.4 is 19.9 Å². The highest BCUT2D eigenvalue weighted by Crippen LogP contribution is 2.30. The van der Waals surface area contributed by atoms with E-state index in [2.05, 4.69) is 9.97 Å². The molecule has 8 heteroatoms. The third-order valence-corrected chi connectivity index (χ3v) is 5.11. The Morgan fingerprint density at radius 3 is 2.52 bits per heavy atom. The van der Waals surface area contributed by atoms with Gasteiger partial charge in [-0.2, -0.15) is 0 Å². The highest BCUT2D eigenvalue weighted by Gasteiger charge is 2.15. The van der Waals surface area contributed by atoms with Crippen LogP contribution in [-0.2, 0) is 13.1 Å². The second-order valence-electron chi connectivity index (χ2n) is 6.26. The molecule has 0 aliphatic rings. The van der Waals surface area contributed by atoms with E-state index in [4.69, 9.17) is 32.7 Å². The number of nitrogens with one attached hydrogen (secondary N) is 2. The molecule has 0 fully saturated rings. The molecule has 2 aromatic carbocycles. The summed E-state index contributed by atoms with van der Waals surface area (Å²) in [6.45, 7) is 1.16. The number of benzene rings is 2. The summed E-state index contributed by atoms with van der Waals surface area (Å²) in [5.41, 5.74) is 1.28. The summed E-state index contributed by atoms with van der Waals surface area (Å²) >= 11 is 12.3. The Morgan fingerprint density at radius 2 is 1.81 bits per heavy atom. The summed E-state index contributed by atoms with van der Waals surface area (Å²) in [5, 5.41) is 1.53. The van der Waals surface area contributed by atoms with E-state index in [1.54, 1.807) is 25.3 Å². The second kappa shape index (κ2) is 8.17. The van der Waals surface area contributed by atoms with Crippen molar-refractivity contribution < 1.29 is 14.4 Å². The first-order valence-corrected chi connectivity index (χ1v) is 9.07. The number of H-pyrrole nitrogens is 1. The molecule has 0 saturated carbocycles. The van der Waals surface area contributed by atoms with E-state index >= 15 is 0 Å². The molecule has 1 unspecified atom stereocenters. The fourth-order valence-electron chi connectivity index (χ4n) is 2.96. The zero-order valence-corrected chi connectivity index (χ0v) is 16.7. The molecule has 1 heterocycles. The number of ether oxygens (including phenoxy) is 2. The van der Waals surface area contributed by atoms with Crippen LogP contribution in [0.15, 0.2) is 35.1 Å². The van der Waals surface area contributed by atoms with Crippen molar-refractivity contribution in [3.63, 3.8) is 0 Å². The van der Waals surface area contributed by atoms with Gasteiger partial charge in [0.15, 0.2) is 17.3 Å². The number of nitrogens with zero attached hydrogens (tertiary/aromatic N) is 1. The van der Waals surface area contributed by atoms with Crippen LogP contribution in [0.4, 0.5) is 0 Å². The smallest absolute Gasteiger partial charge is 0.259 e. The Balaban J connectivity index is 1.88. The number of fused-ring (bicyclic) bond motifs is 1. The Morgan fingerprint density at radius 1 is 1.11 bits per heavy atom. The lowest BCUT2D eigenvalue weighted by molar-refractivity contribution is -0.908. The molecule has 3 aromatic rings. The van der Waals surface area contributed by atoms with Gasteiger partial charge in [0.1, 0.15) is 13.1 Å². The number of methoxy groups -OCH3 is 2. The topological polar surface area (TPSA) is 68.7 Å². The summed E-state index contributed by atoms with van der Waals surface area (Å²) in [6, 6.07) is 8.90. The van der Waals surface area contributed by atoms with Crippen molar-refractivity contribution in [2.75, 3.05) is 21.3 Å². The van der Waals surface area contributed by atoms with Gasteiger partial charge < -0.3 is 19.4 Å². The fraction of sp³-hybridized carbons (Fsp3) is 0.263. The van der Waals surface area contributed by atoms with Gasteiger partial charge >= 0.3 is 0 Å². The molecule has 27 heavy (non-hydrogen) atoms. The molecular formula is C19H20Cl2N3O3+. The number of aromatic nitrogens is 2. The molecule has 142 valence electrons. The third kappa shape index (κ3) is 4.18. The monoisotopic (exact) mass is 408 g/mol. The van der Waals surface area contributed by atoms with E-state index in [9.17, 15) is 4.79 Å². The Kier molecular flexibility index (Phi) is 5.89. The zero-order chi connectivity index (χ0) is 19.6. The number of halogens is 2. The molecule has 0 aliphatic carbocycles. The van der Waals surface area contributed by atoms with Crippen LogP contribution in [0.3, 0.4) is 0 Å². The highest BCUT2D eigenvalue weighted by molar-refractivity contribution is 6.42. The van der Waals surface area contributed by atoms with Gasteiger partial charge in [-0.3, -0.25) is 4.79 Å². The van der Waals surface area contributed by atoms with E-state index in [0.717, 1.165) is 10.5 Å². The molecule has 3 rings (SSSR count). The molecule has 1 atom stereocenters. The van der Waals surface area contributed by atoms with Gasteiger partial charge in [-0.25, -0.2) is 4.98 Å². The van der Waals surface area contributed by atoms with Crippen LogP contribution >= 0.6 is 23.2 Å². The number of rotatable bonds is 6. The predicted molar refractivity (Wildman–Crippen MR) is 106 cm³/mol. The minimum Gasteiger partial charge on any atom is -0.493 e. The van der Waals surface area contributed by atoms with Crippen molar-refractivity contribution in [1.29, 1.82) is 0 Å². The maximum absolute atomic E-state index is 12.5. The number of aromatic amines is 1. The third-order valence-electron chi connectivity index (χ3n) is 4.25. The van der Waals surface area contributed by atoms with Crippen molar-refractivity contribution in [2.24, 2.45) is 0 Å². The minimum atomic E-state index is -0.218. The van der Waals surface area contributed by atoms with Gasteiger partial charge in [0, 0.05) is 11.6 Å². The second-order valence-corrected chi connectivity index (χ2v) is 7.05. The lowest BCUT2D eigenvalue weighted by Crippen LogP contribution is -3.06. The first-order valence-electron chi connectivity index (χ1n) is 8.32. The van der Waals surface area contributed by atoms with Crippen LogP contribution in [0.1, 0.15) is 11.4 Å². The van der Waals surface area contributed by atoms with Crippen molar-refractivity contribution >= 4 is 34.1 Å². The minimum absolute atomic E-state index is 0.218. The molecule has 0 aliphatic heterocycles. The zero-order valence-electron chi connectivity index (χ0n) is 15.2. The van der Waals surface area contributed by atoms with Crippen LogP contribution in [0.2, 0.25) is 10.0 Å². The maximum atomic E-state index is 12.5. The van der Waals surface area contributed by atoms with E-state index in [1.165, 1.54) is 7.11 Å². The molecule has 0 spiro atoms. The molecule has 0 radical (unpaired) electrons. The fourth-order valence-corrected chi connectivity index (χ4v) is 3.34. The summed E-state index contributed by atoms with van der Waals surface area (Å²) in [4.78, 5) is 21.0. The number of quaternary nitrogens is 1. The SMILES string of the molecule is COc1cc2nc(C[NH+](C)Cc3cccc(Cl)c3Cl)[nH]c(=O)c2cc1OC. The lowest BCUT2D eigenvalue weighted by Gasteiger charge is -2.15.